The molecule has 0 aliphatic carbocycles. The summed E-state index contributed by atoms with van der Waals surface area (Å²) in [5.41, 5.74) is 2.24. The minimum absolute atomic E-state index is 0.279. The van der Waals surface area contributed by atoms with E-state index < -0.39 is 12.1 Å². The summed E-state index contributed by atoms with van der Waals surface area (Å²) >= 11 is 0. The van der Waals surface area contributed by atoms with Crippen LogP contribution < -0.4 is 0 Å². The Morgan fingerprint density at radius 3 is 2.72 bits per heavy atom. The van der Waals surface area contributed by atoms with Crippen LogP contribution >= 0.6 is 0 Å². The van der Waals surface area contributed by atoms with Crippen LogP contribution in [0.3, 0.4) is 0 Å². The number of hydrogen-bond donors (Lipinski definition) is 2. The summed E-state index contributed by atoms with van der Waals surface area (Å²) in [6.45, 7) is 1.58. The van der Waals surface area contributed by atoms with Gasteiger partial charge in [0.1, 0.15) is 11.3 Å². The SMILES string of the molecule is CC(OC(=O)c1cc2c(ccc3ccccc32)[nH]1)C(=O)c1c[nH]c2ncccc12. The van der Waals surface area contributed by atoms with Gasteiger partial charge in [0.15, 0.2) is 6.10 Å². The quantitative estimate of drug-likeness (QED) is 0.350. The monoisotopic (exact) mass is 383 g/mol. The molecular formula is C23H17N3O3. The number of carbonyl (C=O) groups is 2. The highest BCUT2D eigenvalue weighted by atomic mass is 16.5. The van der Waals surface area contributed by atoms with E-state index in [1.807, 2.05) is 42.5 Å². The van der Waals surface area contributed by atoms with E-state index in [2.05, 4.69) is 15.0 Å². The van der Waals surface area contributed by atoms with Gasteiger partial charge in [-0.2, -0.15) is 0 Å². The zero-order valence-corrected chi connectivity index (χ0v) is 15.6. The summed E-state index contributed by atoms with van der Waals surface area (Å²) in [5.74, 6) is -0.844. The number of aromatic amines is 2. The number of rotatable bonds is 4. The number of ether oxygens (including phenoxy) is 1. The first-order valence-electron chi connectivity index (χ1n) is 9.29. The highest BCUT2D eigenvalue weighted by Gasteiger charge is 2.24. The third-order valence-electron chi connectivity index (χ3n) is 5.12. The maximum absolute atomic E-state index is 12.8. The fourth-order valence-corrected chi connectivity index (χ4v) is 3.65. The van der Waals surface area contributed by atoms with E-state index in [0.717, 1.165) is 21.7 Å². The van der Waals surface area contributed by atoms with Gasteiger partial charge in [-0.25, -0.2) is 9.78 Å². The summed E-state index contributed by atoms with van der Waals surface area (Å²) in [6, 6.07) is 17.2. The number of aromatic nitrogens is 3. The number of hydrogen-bond acceptors (Lipinski definition) is 4. The third-order valence-corrected chi connectivity index (χ3v) is 5.12. The molecule has 1 atom stereocenters. The molecule has 0 radical (unpaired) electrons. The van der Waals surface area contributed by atoms with Gasteiger partial charge in [0.05, 0.1) is 0 Å². The van der Waals surface area contributed by atoms with Crippen molar-refractivity contribution in [1.82, 2.24) is 15.0 Å². The van der Waals surface area contributed by atoms with Crippen LogP contribution in [0.25, 0.3) is 32.7 Å². The van der Waals surface area contributed by atoms with Gasteiger partial charge in [-0.3, -0.25) is 4.79 Å². The van der Waals surface area contributed by atoms with Gasteiger partial charge in [-0.1, -0.05) is 30.3 Å². The second-order valence-corrected chi connectivity index (χ2v) is 6.94. The number of Topliss-reactive ketones (excluding diaryl/α,β-unsaturated/α-hetero) is 1. The molecule has 0 aliphatic heterocycles. The van der Waals surface area contributed by atoms with Gasteiger partial charge in [0.2, 0.25) is 5.78 Å². The van der Waals surface area contributed by atoms with Gasteiger partial charge in [-0.15, -0.1) is 0 Å². The Morgan fingerprint density at radius 2 is 1.83 bits per heavy atom. The Balaban J connectivity index is 1.42. The topological polar surface area (TPSA) is 87.8 Å². The summed E-state index contributed by atoms with van der Waals surface area (Å²) < 4.78 is 5.46. The van der Waals surface area contributed by atoms with E-state index in [-0.39, 0.29) is 5.78 Å². The molecule has 6 heteroatoms. The van der Waals surface area contributed by atoms with Crippen LogP contribution in [0.5, 0.6) is 0 Å². The van der Waals surface area contributed by atoms with Crippen molar-refractivity contribution in [2.24, 2.45) is 0 Å². The minimum Gasteiger partial charge on any atom is -0.450 e. The van der Waals surface area contributed by atoms with Crippen LogP contribution in [0.2, 0.25) is 0 Å². The second-order valence-electron chi connectivity index (χ2n) is 6.94. The number of fused-ring (bicyclic) bond motifs is 4. The Hall–Kier alpha value is -3.93. The zero-order chi connectivity index (χ0) is 20.0. The van der Waals surface area contributed by atoms with E-state index in [9.17, 15) is 9.59 Å². The summed E-state index contributed by atoms with van der Waals surface area (Å²) in [4.78, 5) is 35.7. The molecule has 2 N–H and O–H groups in total. The average molecular weight is 383 g/mol. The van der Waals surface area contributed by atoms with Crippen molar-refractivity contribution in [3.63, 3.8) is 0 Å². The van der Waals surface area contributed by atoms with Crippen molar-refractivity contribution < 1.29 is 14.3 Å². The molecule has 5 aromatic rings. The first kappa shape index (κ1) is 17.2. The molecule has 29 heavy (non-hydrogen) atoms. The van der Waals surface area contributed by atoms with Crippen LogP contribution in [-0.4, -0.2) is 32.8 Å². The maximum Gasteiger partial charge on any atom is 0.355 e. The predicted octanol–water partition coefficient (Wildman–Crippen LogP) is 4.63. The standard InChI is InChI=1S/C23H17N3O3/c1-13(21(27)18-12-25-22-16(18)7-4-10-24-22)29-23(28)20-11-17-15-6-3-2-5-14(15)8-9-19(17)26-20/h2-13,26H,1H3,(H,24,25). The molecule has 0 saturated carbocycles. The lowest BCUT2D eigenvalue weighted by Crippen LogP contribution is -2.24. The van der Waals surface area contributed by atoms with E-state index >= 15 is 0 Å². The number of carbonyl (C=O) groups excluding carboxylic acids is 2. The molecule has 1 unspecified atom stereocenters. The number of pyridine rings is 1. The van der Waals surface area contributed by atoms with E-state index in [0.29, 0.717) is 22.3 Å². The fourth-order valence-electron chi connectivity index (χ4n) is 3.65. The summed E-state index contributed by atoms with van der Waals surface area (Å²) in [7, 11) is 0. The Kier molecular flexibility index (Phi) is 3.91. The largest absolute Gasteiger partial charge is 0.450 e. The number of nitrogens with one attached hydrogen (secondary N) is 2. The number of benzene rings is 2. The van der Waals surface area contributed by atoms with Crippen LogP contribution in [-0.2, 0) is 4.74 Å². The number of H-pyrrole nitrogens is 2. The van der Waals surface area contributed by atoms with Crippen LogP contribution in [0.1, 0.15) is 27.8 Å². The lowest BCUT2D eigenvalue weighted by Gasteiger charge is -2.11. The Morgan fingerprint density at radius 1 is 1.00 bits per heavy atom. The van der Waals surface area contributed by atoms with Gasteiger partial charge in [-0.05, 0) is 42.0 Å². The predicted molar refractivity (Wildman–Crippen MR) is 111 cm³/mol. The third kappa shape index (κ3) is 2.86. The smallest absolute Gasteiger partial charge is 0.355 e. The highest BCUT2D eigenvalue weighted by Crippen LogP contribution is 2.26. The van der Waals surface area contributed by atoms with Gasteiger partial charge < -0.3 is 14.7 Å². The summed E-state index contributed by atoms with van der Waals surface area (Å²) in [5, 5.41) is 3.79. The first-order chi connectivity index (χ1) is 14.1. The number of ketones is 1. The van der Waals surface area contributed by atoms with Gasteiger partial charge in [0.25, 0.3) is 0 Å². The van der Waals surface area contributed by atoms with Crippen molar-refractivity contribution in [2.45, 2.75) is 13.0 Å². The first-order valence-corrected chi connectivity index (χ1v) is 9.29. The second kappa shape index (κ2) is 6.60. The lowest BCUT2D eigenvalue weighted by atomic mass is 10.1. The van der Waals surface area contributed by atoms with E-state index in [1.165, 1.54) is 0 Å². The van der Waals surface area contributed by atoms with Crippen LogP contribution in [0.15, 0.2) is 67.0 Å². The van der Waals surface area contributed by atoms with Crippen molar-refractivity contribution in [2.75, 3.05) is 0 Å². The Bertz CT molecular complexity index is 1400. The lowest BCUT2D eigenvalue weighted by molar-refractivity contribution is 0.0314. The van der Waals surface area contributed by atoms with E-state index in [4.69, 9.17) is 4.74 Å². The van der Waals surface area contributed by atoms with Crippen LogP contribution in [0.4, 0.5) is 0 Å². The van der Waals surface area contributed by atoms with Crippen molar-refractivity contribution >= 4 is 44.5 Å². The zero-order valence-electron chi connectivity index (χ0n) is 15.6. The molecule has 142 valence electrons. The number of esters is 1. The van der Waals surface area contributed by atoms with Crippen molar-refractivity contribution in [1.29, 1.82) is 0 Å². The normalized spacial score (nSPS) is 12.4. The molecule has 3 heterocycles. The number of nitrogens with zero attached hydrogens (tertiary/aromatic N) is 1. The van der Waals surface area contributed by atoms with Gasteiger partial charge >= 0.3 is 5.97 Å². The molecule has 0 saturated heterocycles. The molecule has 2 aromatic carbocycles. The maximum atomic E-state index is 12.8. The molecule has 0 fully saturated rings. The molecule has 0 amide bonds. The minimum atomic E-state index is -0.926. The molecule has 0 bridgehead atoms. The van der Waals surface area contributed by atoms with E-state index in [1.54, 1.807) is 31.5 Å². The molecule has 0 spiro atoms. The molecule has 0 aliphatic rings. The average Bonchev–Trinajstić information content (AvgIpc) is 3.37. The Labute approximate surface area is 165 Å². The molecule has 6 nitrogen and oxygen atoms in total. The van der Waals surface area contributed by atoms with Crippen molar-refractivity contribution in [3.05, 3.63) is 78.2 Å². The molecular weight excluding hydrogens is 366 g/mol. The summed E-state index contributed by atoms with van der Waals surface area (Å²) in [6.07, 6.45) is 2.32. The van der Waals surface area contributed by atoms with Gasteiger partial charge in [0, 0.05) is 34.2 Å². The highest BCUT2D eigenvalue weighted by molar-refractivity contribution is 6.11. The molecule has 3 aromatic heterocycles. The fraction of sp³-hybridized carbons (Fsp3) is 0.0870. The molecule has 5 rings (SSSR count). The van der Waals surface area contributed by atoms with Crippen LogP contribution in [0, 0.1) is 0 Å². The van der Waals surface area contributed by atoms with Crippen molar-refractivity contribution in [3.8, 4) is 0 Å².